The summed E-state index contributed by atoms with van der Waals surface area (Å²) in [6, 6.07) is 10.7. The molecule has 0 radical (unpaired) electrons. The summed E-state index contributed by atoms with van der Waals surface area (Å²) in [6.45, 7) is 7.08. The number of benzene rings is 2. The van der Waals surface area contributed by atoms with Gasteiger partial charge in [-0.15, -0.1) is 0 Å². The number of aryl methyl sites for hydroxylation is 1. The van der Waals surface area contributed by atoms with Gasteiger partial charge in [0.05, 0.1) is 13.5 Å². The molecular formula is C23H27NO5. The number of nitrogens with one attached hydrogen (secondary N) is 1. The quantitative estimate of drug-likeness (QED) is 0.537. The number of ether oxygens (including phenoxy) is 2. The van der Waals surface area contributed by atoms with Gasteiger partial charge < -0.3 is 14.8 Å². The molecule has 0 spiro atoms. The highest BCUT2D eigenvalue weighted by molar-refractivity contribution is 5.95. The average molecular weight is 397 g/mol. The smallest absolute Gasteiger partial charge is 0.310 e. The molecular weight excluding hydrogens is 370 g/mol. The molecule has 0 fully saturated rings. The summed E-state index contributed by atoms with van der Waals surface area (Å²) >= 11 is 0. The number of Topliss-reactive ketones (excluding diaryl/α,β-unsaturated/α-hetero) is 1. The minimum absolute atomic E-state index is 0.0980. The van der Waals surface area contributed by atoms with Crippen LogP contribution in [0.5, 0.6) is 5.75 Å². The Bertz CT molecular complexity index is 917. The molecule has 29 heavy (non-hydrogen) atoms. The molecule has 0 aliphatic rings. The number of esters is 1. The number of anilines is 1. The van der Waals surface area contributed by atoms with E-state index in [4.69, 9.17) is 9.47 Å². The molecule has 0 atom stereocenters. The predicted molar refractivity (Wildman–Crippen MR) is 112 cm³/mol. The third-order valence-corrected chi connectivity index (χ3v) is 4.58. The van der Waals surface area contributed by atoms with Crippen molar-refractivity contribution in [1.29, 1.82) is 0 Å². The molecule has 2 rings (SSSR count). The van der Waals surface area contributed by atoms with Crippen molar-refractivity contribution >= 4 is 23.3 Å². The summed E-state index contributed by atoms with van der Waals surface area (Å²) in [5.74, 6) is -0.362. The maximum Gasteiger partial charge on any atom is 0.310 e. The first kappa shape index (κ1) is 22.1. The highest BCUT2D eigenvalue weighted by Crippen LogP contribution is 2.27. The van der Waals surface area contributed by atoms with Crippen molar-refractivity contribution in [2.75, 3.05) is 19.0 Å². The summed E-state index contributed by atoms with van der Waals surface area (Å²) in [7, 11) is 1.49. The van der Waals surface area contributed by atoms with Crippen molar-refractivity contribution in [3.05, 3.63) is 58.7 Å². The van der Waals surface area contributed by atoms with E-state index in [9.17, 15) is 14.4 Å². The van der Waals surface area contributed by atoms with Gasteiger partial charge in [0.2, 0.25) is 0 Å². The van der Waals surface area contributed by atoms with E-state index in [2.05, 4.69) is 5.32 Å². The van der Waals surface area contributed by atoms with E-state index in [-0.39, 0.29) is 24.7 Å². The molecule has 1 N–H and O–H groups in total. The number of amides is 1. The van der Waals surface area contributed by atoms with Gasteiger partial charge in [0.25, 0.3) is 5.91 Å². The Hall–Kier alpha value is -3.15. The van der Waals surface area contributed by atoms with Crippen LogP contribution >= 0.6 is 0 Å². The number of carbonyl (C=O) groups excluding carboxylic acids is 3. The fraction of sp³-hybridized carbons (Fsp3) is 0.348. The number of methoxy groups -OCH3 is 1. The Balaban J connectivity index is 2.01. The van der Waals surface area contributed by atoms with Gasteiger partial charge in [-0.05, 0) is 49.1 Å². The Morgan fingerprint density at radius 1 is 1.10 bits per heavy atom. The molecule has 0 aliphatic heterocycles. The lowest BCUT2D eigenvalue weighted by molar-refractivity contribution is -0.146. The molecule has 0 saturated carbocycles. The zero-order valence-corrected chi connectivity index (χ0v) is 17.5. The molecule has 0 aromatic heterocycles. The van der Waals surface area contributed by atoms with Gasteiger partial charge in [-0.1, -0.05) is 32.0 Å². The topological polar surface area (TPSA) is 81.7 Å². The first-order valence-electron chi connectivity index (χ1n) is 9.45. The zero-order chi connectivity index (χ0) is 21.6. The van der Waals surface area contributed by atoms with E-state index in [1.807, 2.05) is 39.0 Å². The highest BCUT2D eigenvalue weighted by Gasteiger charge is 2.16. The first-order valence-corrected chi connectivity index (χ1v) is 9.45. The minimum Gasteiger partial charge on any atom is -0.496 e. The Kier molecular flexibility index (Phi) is 7.53. The van der Waals surface area contributed by atoms with Crippen LogP contribution in [0.1, 0.15) is 53.7 Å². The number of carbonyl (C=O) groups is 3. The number of rotatable bonds is 8. The van der Waals surface area contributed by atoms with Crippen LogP contribution in [0.15, 0.2) is 36.4 Å². The molecule has 154 valence electrons. The normalized spacial score (nSPS) is 10.6. The van der Waals surface area contributed by atoms with Gasteiger partial charge in [-0.2, -0.15) is 0 Å². The molecule has 0 saturated heterocycles. The Morgan fingerprint density at radius 3 is 2.45 bits per heavy atom. The fourth-order valence-corrected chi connectivity index (χ4v) is 3.01. The second kappa shape index (κ2) is 9.87. The van der Waals surface area contributed by atoms with Crippen molar-refractivity contribution in [2.45, 2.75) is 40.0 Å². The second-order valence-corrected chi connectivity index (χ2v) is 7.16. The first-order chi connectivity index (χ1) is 13.7. The van der Waals surface area contributed by atoms with Crippen LogP contribution in [-0.2, 0) is 20.7 Å². The molecule has 0 unspecified atom stereocenters. The maximum atomic E-state index is 12.3. The van der Waals surface area contributed by atoms with Gasteiger partial charge >= 0.3 is 5.97 Å². The summed E-state index contributed by atoms with van der Waals surface area (Å²) < 4.78 is 10.4. The highest BCUT2D eigenvalue weighted by atomic mass is 16.5. The molecule has 6 heteroatoms. The summed E-state index contributed by atoms with van der Waals surface area (Å²) in [4.78, 5) is 36.1. The monoisotopic (exact) mass is 397 g/mol. The predicted octanol–water partition coefficient (Wildman–Crippen LogP) is 4.05. The van der Waals surface area contributed by atoms with Crippen molar-refractivity contribution in [2.24, 2.45) is 0 Å². The molecule has 2 aromatic carbocycles. The standard InChI is InChI=1S/C23H27NO5/c1-14(2)19-8-6-7-15(3)23(19)24-21(26)13-29-22(27)12-18-11-17(16(4)25)9-10-20(18)28-5/h6-11,14H,12-13H2,1-5H3,(H,24,26). The van der Waals surface area contributed by atoms with E-state index in [0.29, 0.717) is 16.9 Å². The molecule has 0 bridgehead atoms. The molecule has 0 aliphatic carbocycles. The number of hydrogen-bond donors (Lipinski definition) is 1. The lowest BCUT2D eigenvalue weighted by Crippen LogP contribution is -2.23. The molecule has 2 aromatic rings. The molecule has 6 nitrogen and oxygen atoms in total. The van der Waals surface area contributed by atoms with Gasteiger partial charge in [0.1, 0.15) is 5.75 Å². The van der Waals surface area contributed by atoms with E-state index in [0.717, 1.165) is 16.8 Å². The third-order valence-electron chi connectivity index (χ3n) is 4.58. The van der Waals surface area contributed by atoms with Gasteiger partial charge in [-0.3, -0.25) is 14.4 Å². The van der Waals surface area contributed by atoms with Gasteiger partial charge in [-0.25, -0.2) is 0 Å². The van der Waals surface area contributed by atoms with E-state index >= 15 is 0 Å². The largest absolute Gasteiger partial charge is 0.496 e. The van der Waals surface area contributed by atoms with E-state index in [1.54, 1.807) is 18.2 Å². The Labute approximate surface area is 171 Å². The van der Waals surface area contributed by atoms with Crippen LogP contribution < -0.4 is 10.1 Å². The van der Waals surface area contributed by atoms with Crippen LogP contribution in [-0.4, -0.2) is 31.4 Å². The van der Waals surface area contributed by atoms with Crippen molar-refractivity contribution in [3.8, 4) is 5.75 Å². The minimum atomic E-state index is -0.576. The van der Waals surface area contributed by atoms with Crippen LogP contribution in [0.2, 0.25) is 0 Å². The van der Waals surface area contributed by atoms with Crippen LogP contribution in [0, 0.1) is 6.92 Å². The van der Waals surface area contributed by atoms with Crippen LogP contribution in [0.25, 0.3) is 0 Å². The zero-order valence-electron chi connectivity index (χ0n) is 17.5. The van der Waals surface area contributed by atoms with E-state index < -0.39 is 11.9 Å². The lowest BCUT2D eigenvalue weighted by Gasteiger charge is -2.16. The third kappa shape index (κ3) is 5.91. The average Bonchev–Trinajstić information content (AvgIpc) is 2.67. The van der Waals surface area contributed by atoms with Crippen molar-refractivity contribution in [1.82, 2.24) is 0 Å². The maximum absolute atomic E-state index is 12.3. The Morgan fingerprint density at radius 2 is 1.83 bits per heavy atom. The number of hydrogen-bond acceptors (Lipinski definition) is 5. The van der Waals surface area contributed by atoms with Crippen LogP contribution in [0.3, 0.4) is 0 Å². The molecule has 1 amide bonds. The second-order valence-electron chi connectivity index (χ2n) is 7.16. The summed E-state index contributed by atoms with van der Waals surface area (Å²) in [6.07, 6.45) is -0.0980. The summed E-state index contributed by atoms with van der Waals surface area (Å²) in [5.41, 5.74) is 3.73. The van der Waals surface area contributed by atoms with Gasteiger partial charge in [0, 0.05) is 16.8 Å². The van der Waals surface area contributed by atoms with Crippen LogP contribution in [0.4, 0.5) is 5.69 Å². The van der Waals surface area contributed by atoms with Crippen molar-refractivity contribution in [3.63, 3.8) is 0 Å². The lowest BCUT2D eigenvalue weighted by atomic mass is 9.98. The number of ketones is 1. The van der Waals surface area contributed by atoms with E-state index in [1.165, 1.54) is 14.0 Å². The fourth-order valence-electron chi connectivity index (χ4n) is 3.01. The SMILES string of the molecule is COc1ccc(C(C)=O)cc1CC(=O)OCC(=O)Nc1c(C)cccc1C(C)C. The van der Waals surface area contributed by atoms with Crippen molar-refractivity contribution < 1.29 is 23.9 Å². The van der Waals surface area contributed by atoms with Gasteiger partial charge in [0.15, 0.2) is 12.4 Å². The summed E-state index contributed by atoms with van der Waals surface area (Å²) in [5, 5.41) is 2.84. The number of para-hydroxylation sites is 1. The molecule has 0 heterocycles.